The quantitative estimate of drug-likeness (QED) is 0.833. The summed E-state index contributed by atoms with van der Waals surface area (Å²) in [7, 11) is 0. The summed E-state index contributed by atoms with van der Waals surface area (Å²) >= 11 is 1.06. The van der Waals surface area contributed by atoms with Gasteiger partial charge in [0.1, 0.15) is 0 Å². The Bertz CT molecular complexity index is 490. The molecule has 0 atom stereocenters. The van der Waals surface area contributed by atoms with E-state index in [2.05, 4.69) is 10.3 Å². The normalized spacial score (nSPS) is 11.7. The highest BCUT2D eigenvalue weighted by Crippen LogP contribution is 2.20. The molecule has 1 rings (SSSR count). The maximum Gasteiger partial charge on any atom is 0.401 e. The standard InChI is InChI=1S/C10H12F3N3O3S/c1-6(17)14-9-15-7(4-20-9)2-16(3-8(18)19)5-10(11,12)13/h4H,2-3,5H2,1H3,(H,18,19)(H,14,15,17). The lowest BCUT2D eigenvalue weighted by Crippen LogP contribution is -2.37. The van der Waals surface area contributed by atoms with Crippen molar-refractivity contribution in [2.24, 2.45) is 0 Å². The van der Waals surface area contributed by atoms with Gasteiger partial charge < -0.3 is 10.4 Å². The van der Waals surface area contributed by atoms with Crippen LogP contribution in [-0.4, -0.2) is 46.1 Å². The Balaban J connectivity index is 2.70. The van der Waals surface area contributed by atoms with Crippen molar-refractivity contribution in [2.75, 3.05) is 18.4 Å². The number of rotatable bonds is 6. The number of carboxylic acids is 1. The van der Waals surface area contributed by atoms with Crippen molar-refractivity contribution in [1.29, 1.82) is 0 Å². The van der Waals surface area contributed by atoms with Gasteiger partial charge >= 0.3 is 12.1 Å². The van der Waals surface area contributed by atoms with Gasteiger partial charge in [-0.05, 0) is 0 Å². The molecule has 0 unspecified atom stereocenters. The lowest BCUT2D eigenvalue weighted by atomic mass is 10.4. The summed E-state index contributed by atoms with van der Waals surface area (Å²) in [5.41, 5.74) is 0.268. The summed E-state index contributed by atoms with van der Waals surface area (Å²) in [5.74, 6) is -1.70. The molecule has 1 amide bonds. The first kappa shape index (κ1) is 16.4. The summed E-state index contributed by atoms with van der Waals surface area (Å²) < 4.78 is 37.0. The molecule has 0 aromatic carbocycles. The van der Waals surface area contributed by atoms with E-state index < -0.39 is 25.2 Å². The maximum absolute atomic E-state index is 12.3. The highest BCUT2D eigenvalue weighted by molar-refractivity contribution is 7.13. The zero-order valence-corrected chi connectivity index (χ0v) is 11.2. The Kier molecular flexibility index (Phi) is 5.45. The summed E-state index contributed by atoms with van der Waals surface area (Å²) in [6.45, 7) is -1.07. The fourth-order valence-corrected chi connectivity index (χ4v) is 2.18. The minimum atomic E-state index is -4.49. The highest BCUT2D eigenvalue weighted by atomic mass is 32.1. The average molecular weight is 311 g/mol. The molecule has 1 heterocycles. The van der Waals surface area contributed by atoms with E-state index >= 15 is 0 Å². The van der Waals surface area contributed by atoms with Crippen molar-refractivity contribution in [3.8, 4) is 0 Å². The van der Waals surface area contributed by atoms with Crippen LogP contribution in [0.15, 0.2) is 5.38 Å². The number of carboxylic acid groups (broad SMARTS) is 1. The molecule has 2 N–H and O–H groups in total. The number of nitrogens with zero attached hydrogens (tertiary/aromatic N) is 2. The molecule has 0 bridgehead atoms. The Hall–Kier alpha value is -1.68. The number of aliphatic carboxylic acids is 1. The van der Waals surface area contributed by atoms with Gasteiger partial charge in [0.05, 0.1) is 18.8 Å². The number of alkyl halides is 3. The van der Waals surface area contributed by atoms with Crippen LogP contribution in [0.2, 0.25) is 0 Å². The first-order valence-corrected chi connectivity index (χ1v) is 6.26. The van der Waals surface area contributed by atoms with Gasteiger partial charge in [-0.25, -0.2) is 4.98 Å². The number of aromatic nitrogens is 1. The second-order valence-electron chi connectivity index (χ2n) is 3.98. The first-order chi connectivity index (χ1) is 9.15. The minimum absolute atomic E-state index is 0.259. The van der Waals surface area contributed by atoms with Crippen molar-refractivity contribution < 1.29 is 27.9 Å². The molecule has 6 nitrogen and oxygen atoms in total. The molecule has 20 heavy (non-hydrogen) atoms. The average Bonchev–Trinajstić information content (AvgIpc) is 2.60. The lowest BCUT2D eigenvalue weighted by Gasteiger charge is -2.20. The molecule has 0 aliphatic rings. The molecule has 0 aliphatic heterocycles. The Labute approximate surface area is 116 Å². The van der Waals surface area contributed by atoms with Gasteiger partial charge in [0.25, 0.3) is 0 Å². The summed E-state index contributed by atoms with van der Waals surface area (Å²) in [6.07, 6.45) is -4.49. The number of hydrogen-bond acceptors (Lipinski definition) is 5. The fourth-order valence-electron chi connectivity index (χ4n) is 1.43. The van der Waals surface area contributed by atoms with E-state index in [-0.39, 0.29) is 23.3 Å². The van der Waals surface area contributed by atoms with Crippen LogP contribution in [0.4, 0.5) is 18.3 Å². The SMILES string of the molecule is CC(=O)Nc1nc(CN(CC(=O)O)CC(F)(F)F)cs1. The van der Waals surface area contributed by atoms with Crippen LogP contribution in [0.25, 0.3) is 0 Å². The van der Waals surface area contributed by atoms with Gasteiger partial charge in [-0.15, -0.1) is 11.3 Å². The van der Waals surface area contributed by atoms with E-state index in [4.69, 9.17) is 5.11 Å². The molecule has 1 aromatic rings. The number of halogens is 3. The predicted molar refractivity (Wildman–Crippen MR) is 65.4 cm³/mol. The second kappa shape index (κ2) is 6.66. The molecule has 0 spiro atoms. The molecular weight excluding hydrogens is 299 g/mol. The molecular formula is C10H12F3N3O3S. The molecule has 112 valence electrons. The second-order valence-corrected chi connectivity index (χ2v) is 4.84. The third kappa shape index (κ3) is 6.48. The van der Waals surface area contributed by atoms with Crippen LogP contribution in [-0.2, 0) is 16.1 Å². The molecule has 0 fully saturated rings. The van der Waals surface area contributed by atoms with Gasteiger partial charge in [-0.1, -0.05) is 0 Å². The third-order valence-electron chi connectivity index (χ3n) is 1.98. The van der Waals surface area contributed by atoms with Crippen LogP contribution in [0.1, 0.15) is 12.6 Å². The van der Waals surface area contributed by atoms with E-state index in [1.165, 1.54) is 12.3 Å². The number of carbonyl (C=O) groups is 2. The van der Waals surface area contributed by atoms with Crippen molar-refractivity contribution >= 4 is 28.3 Å². The Morgan fingerprint density at radius 3 is 2.65 bits per heavy atom. The van der Waals surface area contributed by atoms with Gasteiger partial charge in [0, 0.05) is 18.8 Å². The van der Waals surface area contributed by atoms with Gasteiger partial charge in [0.2, 0.25) is 5.91 Å². The van der Waals surface area contributed by atoms with E-state index in [1.807, 2.05) is 0 Å². The number of nitrogens with one attached hydrogen (secondary N) is 1. The third-order valence-corrected chi connectivity index (χ3v) is 2.79. The van der Waals surface area contributed by atoms with Crippen LogP contribution in [0, 0.1) is 0 Å². The van der Waals surface area contributed by atoms with E-state index in [0.29, 0.717) is 0 Å². The van der Waals surface area contributed by atoms with Gasteiger partial charge in [0.15, 0.2) is 5.13 Å². The van der Waals surface area contributed by atoms with E-state index in [0.717, 1.165) is 16.2 Å². The fraction of sp³-hybridized carbons (Fsp3) is 0.500. The maximum atomic E-state index is 12.3. The first-order valence-electron chi connectivity index (χ1n) is 5.38. The minimum Gasteiger partial charge on any atom is -0.480 e. The Morgan fingerprint density at radius 1 is 1.50 bits per heavy atom. The van der Waals surface area contributed by atoms with Gasteiger partial charge in [-0.3, -0.25) is 14.5 Å². The lowest BCUT2D eigenvalue weighted by molar-refractivity contribution is -0.155. The van der Waals surface area contributed by atoms with Crippen molar-refractivity contribution in [2.45, 2.75) is 19.6 Å². The Morgan fingerprint density at radius 2 is 2.15 bits per heavy atom. The molecule has 10 heteroatoms. The van der Waals surface area contributed by atoms with Gasteiger partial charge in [-0.2, -0.15) is 13.2 Å². The zero-order chi connectivity index (χ0) is 15.3. The predicted octanol–water partition coefficient (Wildman–Crippen LogP) is 1.55. The monoisotopic (exact) mass is 311 g/mol. The number of anilines is 1. The molecule has 0 radical (unpaired) electrons. The van der Waals surface area contributed by atoms with Crippen LogP contribution in [0.5, 0.6) is 0 Å². The van der Waals surface area contributed by atoms with Crippen molar-refractivity contribution in [3.63, 3.8) is 0 Å². The van der Waals surface area contributed by atoms with E-state index in [1.54, 1.807) is 0 Å². The number of hydrogen-bond donors (Lipinski definition) is 2. The number of carbonyl (C=O) groups excluding carboxylic acids is 1. The molecule has 0 aliphatic carbocycles. The van der Waals surface area contributed by atoms with Crippen LogP contribution in [0.3, 0.4) is 0 Å². The molecule has 1 aromatic heterocycles. The largest absolute Gasteiger partial charge is 0.480 e. The number of amides is 1. The zero-order valence-electron chi connectivity index (χ0n) is 10.4. The highest BCUT2D eigenvalue weighted by Gasteiger charge is 2.31. The van der Waals surface area contributed by atoms with Crippen molar-refractivity contribution in [3.05, 3.63) is 11.1 Å². The molecule has 0 saturated heterocycles. The van der Waals surface area contributed by atoms with E-state index in [9.17, 15) is 22.8 Å². The summed E-state index contributed by atoms with van der Waals surface area (Å²) in [4.78, 5) is 26.0. The summed E-state index contributed by atoms with van der Waals surface area (Å²) in [6, 6.07) is 0. The van der Waals surface area contributed by atoms with Crippen molar-refractivity contribution in [1.82, 2.24) is 9.88 Å². The van der Waals surface area contributed by atoms with Crippen LogP contribution < -0.4 is 5.32 Å². The topological polar surface area (TPSA) is 82.5 Å². The van der Waals surface area contributed by atoms with Crippen LogP contribution >= 0.6 is 11.3 Å². The number of thiazole rings is 1. The molecule has 0 saturated carbocycles. The smallest absolute Gasteiger partial charge is 0.401 e. The summed E-state index contributed by atoms with van der Waals surface area (Å²) in [5, 5.41) is 12.7.